The summed E-state index contributed by atoms with van der Waals surface area (Å²) in [6.45, 7) is 6.69. The van der Waals surface area contributed by atoms with Gasteiger partial charge in [-0.1, -0.05) is 31.5 Å². The number of aryl methyl sites for hydroxylation is 1. The summed E-state index contributed by atoms with van der Waals surface area (Å²) in [5.74, 6) is 0.666. The van der Waals surface area contributed by atoms with Crippen molar-refractivity contribution in [1.29, 1.82) is 0 Å². The van der Waals surface area contributed by atoms with Crippen molar-refractivity contribution in [2.24, 2.45) is 5.10 Å². The highest BCUT2D eigenvalue weighted by Crippen LogP contribution is 2.34. The van der Waals surface area contributed by atoms with Crippen molar-refractivity contribution in [3.8, 4) is 11.5 Å². The maximum absolute atomic E-state index is 11.4. The van der Waals surface area contributed by atoms with E-state index in [2.05, 4.69) is 10.5 Å². The second kappa shape index (κ2) is 10.5. The van der Waals surface area contributed by atoms with Gasteiger partial charge in [0.05, 0.1) is 30.0 Å². The van der Waals surface area contributed by atoms with Crippen LogP contribution in [-0.2, 0) is 0 Å². The number of benzene rings is 2. The molecule has 0 unspecified atom stereocenters. The van der Waals surface area contributed by atoms with E-state index < -0.39 is 4.92 Å². The Hall–Kier alpha value is -2.80. The molecule has 0 fully saturated rings. The maximum atomic E-state index is 11.4. The van der Waals surface area contributed by atoms with Crippen LogP contribution in [0.1, 0.15) is 37.8 Å². The number of ether oxygens (including phenoxy) is 2. The van der Waals surface area contributed by atoms with Gasteiger partial charge in [0.25, 0.3) is 0 Å². The van der Waals surface area contributed by atoms with Crippen molar-refractivity contribution in [2.45, 2.75) is 33.6 Å². The Kier molecular flexibility index (Phi) is 8.07. The smallest absolute Gasteiger partial charge is 0.311 e. The van der Waals surface area contributed by atoms with Crippen molar-refractivity contribution >= 4 is 29.2 Å². The van der Waals surface area contributed by atoms with Crippen LogP contribution in [0.15, 0.2) is 35.4 Å². The zero-order valence-corrected chi connectivity index (χ0v) is 17.0. The predicted molar refractivity (Wildman–Crippen MR) is 112 cm³/mol. The summed E-state index contributed by atoms with van der Waals surface area (Å²) in [5, 5.41) is 16.2. The summed E-state index contributed by atoms with van der Waals surface area (Å²) in [7, 11) is 0. The van der Waals surface area contributed by atoms with E-state index >= 15 is 0 Å². The number of anilines is 1. The van der Waals surface area contributed by atoms with Gasteiger partial charge in [0, 0.05) is 22.7 Å². The van der Waals surface area contributed by atoms with Crippen LogP contribution < -0.4 is 14.9 Å². The molecule has 0 aromatic heterocycles. The normalized spacial score (nSPS) is 10.9. The Morgan fingerprint density at radius 3 is 2.43 bits per heavy atom. The van der Waals surface area contributed by atoms with Gasteiger partial charge in [-0.05, 0) is 37.5 Å². The molecular weight excluding hydrogens is 382 g/mol. The second-order valence-electron chi connectivity index (χ2n) is 6.15. The fourth-order valence-electron chi connectivity index (χ4n) is 2.31. The minimum absolute atomic E-state index is 0.128. The van der Waals surface area contributed by atoms with E-state index in [1.807, 2.05) is 32.9 Å². The molecule has 0 atom stereocenters. The molecule has 0 radical (unpaired) electrons. The lowest BCUT2D eigenvalue weighted by Gasteiger charge is -2.12. The first kappa shape index (κ1) is 21.5. The number of nitrogens with zero attached hydrogens (tertiary/aromatic N) is 2. The van der Waals surface area contributed by atoms with Gasteiger partial charge >= 0.3 is 5.69 Å². The third-order valence-corrected chi connectivity index (χ3v) is 4.19. The summed E-state index contributed by atoms with van der Waals surface area (Å²) < 4.78 is 11.3. The lowest BCUT2D eigenvalue weighted by molar-refractivity contribution is -0.385. The molecule has 0 aliphatic heterocycles. The molecule has 2 rings (SSSR count). The van der Waals surface area contributed by atoms with Gasteiger partial charge in [0.2, 0.25) is 5.75 Å². The molecule has 0 spiro atoms. The third kappa shape index (κ3) is 5.85. The maximum Gasteiger partial charge on any atom is 0.311 e. The number of nitro benzene ring substituents is 1. The molecule has 0 saturated carbocycles. The average molecular weight is 406 g/mol. The van der Waals surface area contributed by atoms with Crippen molar-refractivity contribution in [3.05, 3.63) is 56.6 Å². The fourth-order valence-corrected chi connectivity index (χ4v) is 2.49. The zero-order valence-electron chi connectivity index (χ0n) is 16.2. The van der Waals surface area contributed by atoms with Crippen LogP contribution in [0.25, 0.3) is 0 Å². The molecule has 8 heteroatoms. The highest BCUT2D eigenvalue weighted by molar-refractivity contribution is 6.31. The van der Waals surface area contributed by atoms with Gasteiger partial charge in [-0.3, -0.25) is 15.5 Å². The van der Waals surface area contributed by atoms with Gasteiger partial charge in [-0.15, -0.1) is 0 Å². The predicted octanol–water partition coefficient (Wildman–Crippen LogP) is 5.58. The van der Waals surface area contributed by atoms with Gasteiger partial charge < -0.3 is 9.47 Å². The fraction of sp³-hybridized carbons (Fsp3) is 0.350. The molecule has 0 bridgehead atoms. The molecule has 0 amide bonds. The van der Waals surface area contributed by atoms with E-state index in [1.165, 1.54) is 12.3 Å². The number of hydrogen-bond acceptors (Lipinski definition) is 6. The Morgan fingerprint density at radius 1 is 1.14 bits per heavy atom. The number of hydrazone groups is 1. The number of nitro groups is 1. The highest BCUT2D eigenvalue weighted by Gasteiger charge is 2.20. The summed E-state index contributed by atoms with van der Waals surface area (Å²) in [6, 6.07) is 8.43. The van der Waals surface area contributed by atoms with Gasteiger partial charge in [-0.25, -0.2) is 0 Å². The van der Waals surface area contributed by atoms with E-state index in [9.17, 15) is 10.1 Å². The zero-order chi connectivity index (χ0) is 20.5. The number of hydrogen-bond donors (Lipinski definition) is 1. The van der Waals surface area contributed by atoms with E-state index in [1.54, 1.807) is 12.1 Å². The van der Waals surface area contributed by atoms with Gasteiger partial charge in [-0.2, -0.15) is 5.10 Å². The topological polar surface area (TPSA) is 86.0 Å². The summed E-state index contributed by atoms with van der Waals surface area (Å²) >= 11 is 6.11. The third-order valence-electron chi connectivity index (χ3n) is 3.78. The van der Waals surface area contributed by atoms with Gasteiger partial charge in [0.1, 0.15) is 5.75 Å². The summed E-state index contributed by atoms with van der Waals surface area (Å²) in [4.78, 5) is 11.0. The molecule has 7 nitrogen and oxygen atoms in total. The number of rotatable bonds is 10. The van der Waals surface area contributed by atoms with E-state index in [0.29, 0.717) is 35.2 Å². The van der Waals surface area contributed by atoms with E-state index in [-0.39, 0.29) is 11.4 Å². The largest absolute Gasteiger partial charge is 0.493 e. The van der Waals surface area contributed by atoms with Crippen LogP contribution in [0, 0.1) is 17.0 Å². The Morgan fingerprint density at radius 2 is 1.82 bits per heavy atom. The summed E-state index contributed by atoms with van der Waals surface area (Å²) in [6.07, 6.45) is 3.03. The average Bonchev–Trinajstić information content (AvgIpc) is 2.67. The standard InChI is InChI=1S/C20H24ClN3O4/c1-4-8-27-19-12-20(28-9-5-2)18(24(25)26)10-15(19)13-22-23-16-7-6-14(3)17(21)11-16/h6-7,10-13,23H,4-5,8-9H2,1-3H3. The molecule has 2 aromatic rings. The van der Waals surface area contributed by atoms with Crippen LogP contribution in [0.4, 0.5) is 11.4 Å². The van der Waals surface area contributed by atoms with Crippen molar-refractivity contribution in [3.63, 3.8) is 0 Å². The summed E-state index contributed by atoms with van der Waals surface area (Å²) in [5.41, 5.74) is 4.90. The van der Waals surface area contributed by atoms with Crippen LogP contribution in [-0.4, -0.2) is 24.4 Å². The Labute approximate surface area is 169 Å². The highest BCUT2D eigenvalue weighted by atomic mass is 35.5. The second-order valence-corrected chi connectivity index (χ2v) is 6.55. The lowest BCUT2D eigenvalue weighted by Crippen LogP contribution is -2.04. The van der Waals surface area contributed by atoms with E-state index in [4.69, 9.17) is 21.1 Å². The first-order valence-corrected chi connectivity index (χ1v) is 9.47. The van der Waals surface area contributed by atoms with Crippen LogP contribution in [0.2, 0.25) is 5.02 Å². The molecule has 150 valence electrons. The number of nitrogens with one attached hydrogen (secondary N) is 1. The Balaban J connectivity index is 2.31. The minimum atomic E-state index is -0.473. The Bertz CT molecular complexity index is 856. The monoisotopic (exact) mass is 405 g/mol. The first-order chi connectivity index (χ1) is 13.5. The van der Waals surface area contributed by atoms with Crippen molar-refractivity contribution < 1.29 is 14.4 Å². The van der Waals surface area contributed by atoms with Gasteiger partial charge in [0.15, 0.2) is 0 Å². The molecule has 0 heterocycles. The van der Waals surface area contributed by atoms with Crippen LogP contribution in [0.3, 0.4) is 0 Å². The number of halogens is 1. The van der Waals surface area contributed by atoms with Crippen LogP contribution in [0.5, 0.6) is 11.5 Å². The van der Waals surface area contributed by atoms with Crippen molar-refractivity contribution in [2.75, 3.05) is 18.6 Å². The SMILES string of the molecule is CCCOc1cc(OCCC)c([N+](=O)[O-])cc1C=NNc1ccc(C)c(Cl)c1. The quantitative estimate of drug-likeness (QED) is 0.316. The molecule has 1 N–H and O–H groups in total. The molecule has 0 aliphatic rings. The molecule has 0 aliphatic carbocycles. The van der Waals surface area contributed by atoms with Crippen molar-refractivity contribution in [1.82, 2.24) is 0 Å². The lowest BCUT2D eigenvalue weighted by atomic mass is 10.1. The molecule has 0 saturated heterocycles. The molecule has 2 aromatic carbocycles. The first-order valence-electron chi connectivity index (χ1n) is 9.09. The minimum Gasteiger partial charge on any atom is -0.493 e. The van der Waals surface area contributed by atoms with Crippen LogP contribution >= 0.6 is 11.6 Å². The molecule has 28 heavy (non-hydrogen) atoms. The molecular formula is C20H24ClN3O4. The van der Waals surface area contributed by atoms with E-state index in [0.717, 1.165) is 18.4 Å².